The molecule has 1 aliphatic rings. The van der Waals surface area contributed by atoms with Crippen LogP contribution in [0.25, 0.3) is 0 Å². The maximum atomic E-state index is 11.5. The highest BCUT2D eigenvalue weighted by Crippen LogP contribution is 2.33. The summed E-state index contributed by atoms with van der Waals surface area (Å²) >= 11 is 1.62. The van der Waals surface area contributed by atoms with E-state index in [0.717, 1.165) is 0 Å². The molecule has 4 nitrogen and oxygen atoms in total. The molecule has 0 spiro atoms. The van der Waals surface area contributed by atoms with Gasteiger partial charge in [-0.3, -0.25) is 0 Å². The van der Waals surface area contributed by atoms with Crippen molar-refractivity contribution in [2.24, 2.45) is 0 Å². The van der Waals surface area contributed by atoms with Crippen LogP contribution in [0, 0.1) is 0 Å². The lowest BCUT2D eigenvalue weighted by Crippen LogP contribution is -2.40. The fourth-order valence-electron chi connectivity index (χ4n) is 1.30. The molecule has 0 aromatic heterocycles. The fraction of sp³-hybridized carbons (Fsp3) is 0.909. The van der Waals surface area contributed by atoms with Crippen LogP contribution in [0.3, 0.4) is 0 Å². The Kier molecular flexibility index (Phi) is 4.92. The minimum Gasteiger partial charge on any atom is -0.444 e. The zero-order valence-corrected chi connectivity index (χ0v) is 11.0. The maximum Gasteiger partial charge on any atom is 0.408 e. The van der Waals surface area contributed by atoms with Crippen LogP contribution in [-0.2, 0) is 4.74 Å². The molecule has 0 saturated heterocycles. The first-order chi connectivity index (χ1) is 7.40. The van der Waals surface area contributed by atoms with Gasteiger partial charge < -0.3 is 15.2 Å². The third-order valence-electron chi connectivity index (χ3n) is 2.25. The summed E-state index contributed by atoms with van der Waals surface area (Å²) in [7, 11) is 0. The Morgan fingerprint density at radius 1 is 1.56 bits per heavy atom. The molecule has 1 fully saturated rings. The van der Waals surface area contributed by atoms with Gasteiger partial charge in [-0.15, -0.1) is 11.8 Å². The lowest BCUT2D eigenvalue weighted by atomic mass is 10.0. The van der Waals surface area contributed by atoms with Crippen LogP contribution in [0.1, 0.15) is 40.0 Å². The molecular weight excluding hydrogens is 226 g/mol. The predicted octanol–water partition coefficient (Wildman–Crippen LogP) is 2.12. The number of rotatable bonds is 4. The largest absolute Gasteiger partial charge is 0.444 e. The molecule has 16 heavy (non-hydrogen) atoms. The average molecular weight is 247 g/mol. The molecule has 94 valence electrons. The summed E-state index contributed by atoms with van der Waals surface area (Å²) in [6.07, 6.45) is 3.15. The van der Waals surface area contributed by atoms with E-state index in [1.165, 1.54) is 19.3 Å². The highest BCUT2D eigenvalue weighted by Gasteiger charge is 2.25. The number of hydrogen-bond acceptors (Lipinski definition) is 4. The summed E-state index contributed by atoms with van der Waals surface area (Å²) in [5, 5.41) is 12.2. The number of ether oxygens (including phenoxy) is 1. The van der Waals surface area contributed by atoms with Crippen LogP contribution >= 0.6 is 11.8 Å². The van der Waals surface area contributed by atoms with E-state index >= 15 is 0 Å². The Balaban J connectivity index is 2.28. The van der Waals surface area contributed by atoms with Gasteiger partial charge in [0.05, 0.1) is 6.61 Å². The topological polar surface area (TPSA) is 58.6 Å². The van der Waals surface area contributed by atoms with E-state index in [1.54, 1.807) is 11.8 Å². The molecule has 0 bridgehead atoms. The molecule has 0 radical (unpaired) electrons. The number of carbonyl (C=O) groups excluding carboxylic acids is 1. The van der Waals surface area contributed by atoms with E-state index in [2.05, 4.69) is 5.32 Å². The van der Waals surface area contributed by atoms with E-state index in [9.17, 15) is 4.79 Å². The smallest absolute Gasteiger partial charge is 0.408 e. The quantitative estimate of drug-likeness (QED) is 0.747. The van der Waals surface area contributed by atoms with Crippen LogP contribution in [0.15, 0.2) is 0 Å². The van der Waals surface area contributed by atoms with Gasteiger partial charge in [0.15, 0.2) is 0 Å². The highest BCUT2D eigenvalue weighted by atomic mass is 32.2. The Morgan fingerprint density at radius 3 is 2.56 bits per heavy atom. The van der Waals surface area contributed by atoms with Gasteiger partial charge in [-0.2, -0.15) is 0 Å². The molecule has 0 aliphatic heterocycles. The standard InChI is InChI=1S/C11H21NO3S/c1-11(2,3)15-10(14)12-9(7-13)16-8-5-4-6-8/h8-9,13H,4-7H2,1-3H3,(H,12,14). The van der Waals surface area contributed by atoms with E-state index < -0.39 is 11.7 Å². The first kappa shape index (κ1) is 13.6. The van der Waals surface area contributed by atoms with E-state index in [4.69, 9.17) is 9.84 Å². The molecule has 1 rings (SSSR count). The summed E-state index contributed by atoms with van der Waals surface area (Å²) in [6.45, 7) is 5.40. The zero-order chi connectivity index (χ0) is 12.2. The summed E-state index contributed by atoms with van der Waals surface area (Å²) < 4.78 is 5.13. The van der Waals surface area contributed by atoms with Crippen LogP contribution in [-0.4, -0.2) is 34.0 Å². The van der Waals surface area contributed by atoms with Crippen molar-refractivity contribution < 1.29 is 14.6 Å². The van der Waals surface area contributed by atoms with Crippen LogP contribution < -0.4 is 5.32 Å². The molecule has 1 unspecified atom stereocenters. The third-order valence-corrected chi connectivity index (χ3v) is 3.70. The van der Waals surface area contributed by atoms with E-state index in [0.29, 0.717) is 5.25 Å². The van der Waals surface area contributed by atoms with Gasteiger partial charge in [-0.1, -0.05) is 6.42 Å². The van der Waals surface area contributed by atoms with Crippen LogP contribution in [0.5, 0.6) is 0 Å². The van der Waals surface area contributed by atoms with Gasteiger partial charge in [0.2, 0.25) is 0 Å². The summed E-state index contributed by atoms with van der Waals surface area (Å²) in [4.78, 5) is 11.5. The van der Waals surface area contributed by atoms with Crippen LogP contribution in [0.2, 0.25) is 0 Å². The number of nitrogens with one attached hydrogen (secondary N) is 1. The van der Waals surface area contributed by atoms with Crippen molar-refractivity contribution in [2.45, 2.75) is 56.3 Å². The number of amides is 1. The second-order valence-corrected chi connectivity index (χ2v) is 6.51. The van der Waals surface area contributed by atoms with Gasteiger partial charge in [-0.05, 0) is 33.6 Å². The lowest BCUT2D eigenvalue weighted by Gasteiger charge is -2.29. The third kappa shape index (κ3) is 5.07. The van der Waals surface area contributed by atoms with Gasteiger partial charge in [-0.25, -0.2) is 4.79 Å². The van der Waals surface area contributed by atoms with Gasteiger partial charge in [0, 0.05) is 5.25 Å². The minimum atomic E-state index is -0.495. The molecule has 1 atom stereocenters. The van der Waals surface area contributed by atoms with E-state index in [1.807, 2.05) is 20.8 Å². The number of aliphatic hydroxyl groups is 1. The molecule has 0 aromatic rings. The van der Waals surface area contributed by atoms with Crippen molar-refractivity contribution in [3.05, 3.63) is 0 Å². The molecule has 2 N–H and O–H groups in total. The predicted molar refractivity (Wildman–Crippen MR) is 65.5 cm³/mol. The normalized spacial score (nSPS) is 18.8. The van der Waals surface area contributed by atoms with Gasteiger partial charge in [0.25, 0.3) is 0 Å². The summed E-state index contributed by atoms with van der Waals surface area (Å²) in [5.41, 5.74) is -0.495. The Bertz CT molecular complexity index is 236. The second-order valence-electron chi connectivity index (χ2n) is 5.01. The molecule has 1 amide bonds. The van der Waals surface area contributed by atoms with Gasteiger partial charge in [0.1, 0.15) is 11.0 Å². The SMILES string of the molecule is CC(C)(C)OC(=O)NC(CO)SC1CCC1. The maximum absolute atomic E-state index is 11.5. The zero-order valence-electron chi connectivity index (χ0n) is 10.2. The Labute approximate surface area is 101 Å². The van der Waals surface area contributed by atoms with Crippen molar-refractivity contribution in [2.75, 3.05) is 6.61 Å². The molecule has 0 heterocycles. The van der Waals surface area contributed by atoms with Crippen molar-refractivity contribution in [1.82, 2.24) is 5.32 Å². The van der Waals surface area contributed by atoms with Crippen molar-refractivity contribution >= 4 is 17.9 Å². The van der Waals surface area contributed by atoms with Gasteiger partial charge >= 0.3 is 6.09 Å². The number of thioether (sulfide) groups is 1. The number of hydrogen-bond donors (Lipinski definition) is 2. The number of alkyl carbamates (subject to hydrolysis) is 1. The van der Waals surface area contributed by atoms with Crippen LogP contribution in [0.4, 0.5) is 4.79 Å². The molecule has 1 saturated carbocycles. The van der Waals surface area contributed by atoms with Crippen molar-refractivity contribution in [3.63, 3.8) is 0 Å². The highest BCUT2D eigenvalue weighted by molar-refractivity contribution is 8.00. The lowest BCUT2D eigenvalue weighted by molar-refractivity contribution is 0.0509. The summed E-state index contributed by atoms with van der Waals surface area (Å²) in [6, 6.07) is 0. The number of aliphatic hydroxyl groups excluding tert-OH is 1. The minimum absolute atomic E-state index is 0.0551. The second kappa shape index (κ2) is 5.77. The molecule has 0 aromatic carbocycles. The number of carbonyl (C=O) groups is 1. The first-order valence-corrected chi connectivity index (χ1v) is 6.61. The average Bonchev–Trinajstić information content (AvgIpc) is 2.05. The molecular formula is C11H21NO3S. The molecule has 1 aliphatic carbocycles. The fourth-order valence-corrected chi connectivity index (χ4v) is 2.62. The first-order valence-electron chi connectivity index (χ1n) is 5.66. The molecule has 5 heteroatoms. The summed E-state index contributed by atoms with van der Waals surface area (Å²) in [5.74, 6) is 0. The van der Waals surface area contributed by atoms with E-state index in [-0.39, 0.29) is 12.0 Å². The Hall–Kier alpha value is -0.420. The Morgan fingerprint density at radius 2 is 2.19 bits per heavy atom. The van der Waals surface area contributed by atoms with Crippen molar-refractivity contribution in [1.29, 1.82) is 0 Å². The monoisotopic (exact) mass is 247 g/mol. The van der Waals surface area contributed by atoms with Crippen molar-refractivity contribution in [3.8, 4) is 0 Å².